The van der Waals surface area contributed by atoms with Crippen molar-refractivity contribution in [3.63, 3.8) is 0 Å². The third kappa shape index (κ3) is 41.5. The van der Waals surface area contributed by atoms with Crippen LogP contribution in [0.15, 0.2) is 0 Å². The van der Waals surface area contributed by atoms with E-state index < -0.39 is 0 Å². The molecule has 0 aromatic rings. The predicted octanol–water partition coefficient (Wildman–Crippen LogP) is 3.83. The summed E-state index contributed by atoms with van der Waals surface area (Å²) >= 11 is 0. The first kappa shape index (κ1) is 19.2. The maximum atomic E-state index is 9.44. The Morgan fingerprint density at radius 2 is 1.00 bits per heavy atom. The Labute approximate surface area is 90.0 Å². The van der Waals surface area contributed by atoms with Gasteiger partial charge in [0.2, 0.25) is 0 Å². The summed E-state index contributed by atoms with van der Waals surface area (Å²) in [5.41, 5.74) is -0.0312. The Kier molecular flexibility index (Phi) is 9.61. The van der Waals surface area contributed by atoms with E-state index >= 15 is 0 Å². The maximum Gasteiger partial charge on any atom is 0.126 e. The lowest BCUT2D eigenvalue weighted by atomic mass is 10.1. The van der Waals surface area contributed by atoms with Gasteiger partial charge in [-0.15, -0.1) is 0 Å². The number of ketones is 1. The number of hydrogen-bond acceptors (Lipinski definition) is 2. The zero-order valence-electron chi connectivity index (χ0n) is 10.3. The molecule has 0 saturated carbocycles. The van der Waals surface area contributed by atoms with Gasteiger partial charge >= 0.3 is 0 Å². The molecule has 0 bridgehead atoms. The van der Waals surface area contributed by atoms with Gasteiger partial charge in [-0.1, -0.05) is 7.43 Å². The number of Topliss-reactive ketones (excluding diaryl/α,β-unsaturated/α-hetero) is 1. The van der Waals surface area contributed by atoms with Gasteiger partial charge in [0.1, 0.15) is 5.78 Å². The van der Waals surface area contributed by atoms with Crippen molar-refractivity contribution in [1.82, 2.24) is 0 Å². The molecule has 0 aromatic heterocycles. The maximum absolute atomic E-state index is 9.44. The first-order valence-corrected chi connectivity index (χ1v) is 4.61. The zero-order valence-corrected chi connectivity index (χ0v) is 10.3. The van der Waals surface area contributed by atoms with Crippen LogP contribution in [0.2, 0.25) is 0 Å². The van der Waals surface area contributed by atoms with Gasteiger partial charge in [-0.25, -0.2) is 0 Å². The zero-order chi connectivity index (χ0) is 11.3. The summed E-state index contributed by atoms with van der Waals surface area (Å²) in [7, 11) is 0. The van der Waals surface area contributed by atoms with Gasteiger partial charge in [-0.05, 0) is 55.4 Å². The molecule has 0 aliphatic heterocycles. The van der Waals surface area contributed by atoms with Crippen LogP contribution in [-0.2, 0) is 9.53 Å². The fourth-order valence-corrected chi connectivity index (χ4v) is 0.919. The van der Waals surface area contributed by atoms with E-state index in [1.165, 1.54) is 13.8 Å². The molecular formula is C12H28O2. The number of hydrogen-bond donors (Lipinski definition) is 0. The lowest BCUT2D eigenvalue weighted by Crippen LogP contribution is -2.31. The van der Waals surface area contributed by atoms with Crippen molar-refractivity contribution >= 4 is 5.78 Å². The molecule has 0 heterocycles. The van der Waals surface area contributed by atoms with Crippen molar-refractivity contribution in [3.8, 4) is 0 Å². The summed E-state index contributed by atoms with van der Waals surface area (Å²) in [5.74, 6) is 0.167. The summed E-state index contributed by atoms with van der Waals surface area (Å²) in [5, 5.41) is 0. The van der Waals surface area contributed by atoms with Gasteiger partial charge < -0.3 is 9.53 Å². The molecule has 0 rings (SSSR count). The fourth-order valence-electron chi connectivity index (χ4n) is 0.919. The van der Waals surface area contributed by atoms with Crippen LogP contribution in [0.25, 0.3) is 0 Å². The lowest BCUT2D eigenvalue weighted by Gasteiger charge is -2.30. The van der Waals surface area contributed by atoms with E-state index in [0.717, 1.165) is 0 Å². The largest absolute Gasteiger partial charge is 0.370 e. The Hall–Kier alpha value is -0.370. The summed E-state index contributed by atoms with van der Waals surface area (Å²) in [6.07, 6.45) is 0. The minimum atomic E-state index is -0.0156. The van der Waals surface area contributed by atoms with Gasteiger partial charge in [0.15, 0.2) is 0 Å². The Bertz CT molecular complexity index is 131. The molecule has 2 nitrogen and oxygen atoms in total. The highest BCUT2D eigenvalue weighted by molar-refractivity contribution is 5.72. The highest BCUT2D eigenvalue weighted by atomic mass is 16.5. The van der Waals surface area contributed by atoms with Crippen LogP contribution in [0, 0.1) is 0 Å². The average molecular weight is 204 g/mol. The quantitative estimate of drug-likeness (QED) is 0.599. The number of ether oxygens (including phenoxy) is 1. The molecule has 0 saturated heterocycles. The molecule has 0 unspecified atom stereocenters. The van der Waals surface area contributed by atoms with E-state index in [2.05, 4.69) is 41.5 Å². The third-order valence-electron chi connectivity index (χ3n) is 0.612. The number of rotatable bonds is 0. The normalized spacial score (nSPS) is 10.9. The second kappa shape index (κ2) is 6.99. The first-order valence-electron chi connectivity index (χ1n) is 4.61. The summed E-state index contributed by atoms with van der Waals surface area (Å²) in [6.45, 7) is 15.5. The molecule has 88 valence electrons. The van der Waals surface area contributed by atoms with E-state index in [1.54, 1.807) is 0 Å². The molecular weight excluding hydrogens is 176 g/mol. The van der Waals surface area contributed by atoms with Gasteiger partial charge in [-0.3, -0.25) is 0 Å². The summed E-state index contributed by atoms with van der Waals surface area (Å²) < 4.78 is 5.62. The van der Waals surface area contributed by atoms with Crippen LogP contribution in [-0.4, -0.2) is 17.0 Å². The monoisotopic (exact) mass is 204 g/mol. The highest BCUT2D eigenvalue weighted by Gasteiger charge is 2.19. The summed E-state index contributed by atoms with van der Waals surface area (Å²) in [6, 6.07) is 0. The van der Waals surface area contributed by atoms with E-state index in [1.807, 2.05) is 0 Å². The molecule has 0 N–H and O–H groups in total. The van der Waals surface area contributed by atoms with Crippen LogP contribution >= 0.6 is 0 Å². The fraction of sp³-hybridized carbons (Fsp3) is 0.917. The average Bonchev–Trinajstić information content (AvgIpc) is 1.47. The molecule has 0 radical (unpaired) electrons. The molecule has 2 heteroatoms. The van der Waals surface area contributed by atoms with Gasteiger partial charge in [-0.2, -0.15) is 0 Å². The predicted molar refractivity (Wildman–Crippen MR) is 63.7 cm³/mol. The van der Waals surface area contributed by atoms with Crippen molar-refractivity contribution in [1.29, 1.82) is 0 Å². The number of carbonyl (C=O) groups is 1. The molecule has 0 aliphatic rings. The minimum Gasteiger partial charge on any atom is -0.370 e. The Morgan fingerprint density at radius 1 is 0.857 bits per heavy atom. The van der Waals surface area contributed by atoms with Crippen LogP contribution < -0.4 is 0 Å². The molecule has 0 amide bonds. The van der Waals surface area contributed by atoms with Crippen molar-refractivity contribution < 1.29 is 9.53 Å². The molecule has 0 atom stereocenters. The molecule has 0 spiro atoms. The van der Waals surface area contributed by atoms with Crippen molar-refractivity contribution in [2.75, 3.05) is 0 Å². The number of carbonyl (C=O) groups excluding carboxylic acids is 1. The van der Waals surface area contributed by atoms with Crippen LogP contribution in [0.4, 0.5) is 0 Å². The smallest absolute Gasteiger partial charge is 0.126 e. The van der Waals surface area contributed by atoms with E-state index in [4.69, 9.17) is 4.74 Å². The lowest BCUT2D eigenvalue weighted by molar-refractivity contribution is -0.115. The van der Waals surface area contributed by atoms with E-state index in [9.17, 15) is 4.79 Å². The second-order valence-corrected chi connectivity index (χ2v) is 5.24. The topological polar surface area (TPSA) is 26.3 Å². The molecule has 0 aliphatic carbocycles. The molecule has 14 heavy (non-hydrogen) atoms. The van der Waals surface area contributed by atoms with Gasteiger partial charge in [0.25, 0.3) is 0 Å². The van der Waals surface area contributed by atoms with Crippen molar-refractivity contribution in [2.45, 2.75) is 74.0 Å². The second-order valence-electron chi connectivity index (χ2n) is 5.24. The van der Waals surface area contributed by atoms with Gasteiger partial charge in [0, 0.05) is 0 Å². The van der Waals surface area contributed by atoms with Crippen LogP contribution in [0.3, 0.4) is 0 Å². The SMILES string of the molecule is C.CC(C)(C)OC(C)(C)C.CC(C)=O. The third-order valence-corrected chi connectivity index (χ3v) is 0.612. The van der Waals surface area contributed by atoms with Crippen molar-refractivity contribution in [3.05, 3.63) is 0 Å². The Morgan fingerprint density at radius 3 is 1.00 bits per heavy atom. The van der Waals surface area contributed by atoms with Crippen molar-refractivity contribution in [2.24, 2.45) is 0 Å². The highest BCUT2D eigenvalue weighted by Crippen LogP contribution is 2.17. The first-order chi connectivity index (χ1) is 5.44. The summed E-state index contributed by atoms with van der Waals surface area (Å²) in [4.78, 5) is 9.44. The van der Waals surface area contributed by atoms with E-state index in [0.29, 0.717) is 0 Å². The molecule has 0 aromatic carbocycles. The van der Waals surface area contributed by atoms with Crippen LogP contribution in [0.1, 0.15) is 62.8 Å². The molecule has 0 fully saturated rings. The van der Waals surface area contributed by atoms with E-state index in [-0.39, 0.29) is 24.4 Å². The van der Waals surface area contributed by atoms with Gasteiger partial charge in [0.05, 0.1) is 11.2 Å². The minimum absolute atomic E-state index is 0. The van der Waals surface area contributed by atoms with Crippen LogP contribution in [0.5, 0.6) is 0 Å². The Balaban J connectivity index is -0.000000209. The standard InChI is InChI=1S/C8H18O.C3H6O.CH4/c1-7(2,3)9-8(4,5)6;1-3(2)4;/h1-6H3;1-2H3;1H4.